The van der Waals surface area contributed by atoms with Crippen LogP contribution in [-0.4, -0.2) is 31.3 Å². The summed E-state index contributed by atoms with van der Waals surface area (Å²) in [6.07, 6.45) is 0.953. The van der Waals surface area contributed by atoms with E-state index in [0.29, 0.717) is 13.1 Å². The normalized spacial score (nSPS) is 10.3. The predicted octanol–water partition coefficient (Wildman–Crippen LogP) is 1.14. The van der Waals surface area contributed by atoms with Gasteiger partial charge in [-0.1, -0.05) is 18.2 Å². The van der Waals surface area contributed by atoms with Gasteiger partial charge in [0.05, 0.1) is 6.61 Å². The minimum absolute atomic E-state index is 0.179. The maximum Gasteiger partial charge on any atom is 0.0606 e. The zero-order valence-electron chi connectivity index (χ0n) is 9.32. The maximum absolute atomic E-state index is 9.02. The van der Waals surface area contributed by atoms with Crippen molar-refractivity contribution in [3.63, 3.8) is 0 Å². The summed E-state index contributed by atoms with van der Waals surface area (Å²) >= 11 is 0. The Bertz CT molecular complexity index is 289. The van der Waals surface area contributed by atoms with Gasteiger partial charge >= 0.3 is 0 Å². The summed E-state index contributed by atoms with van der Waals surface area (Å²) in [7, 11) is 0. The molecule has 0 aliphatic rings. The molecule has 0 aromatic heterocycles. The van der Waals surface area contributed by atoms with Crippen LogP contribution < -0.4 is 10.6 Å². The molecule has 0 bridgehead atoms. The molecule has 0 atom stereocenters. The van der Waals surface area contributed by atoms with Crippen molar-refractivity contribution in [1.82, 2.24) is 0 Å². The highest BCUT2D eigenvalue weighted by atomic mass is 16.3. The first kappa shape index (κ1) is 12.0. The highest BCUT2D eigenvalue weighted by molar-refractivity contribution is 5.52. The molecule has 1 aromatic rings. The summed E-state index contributed by atoms with van der Waals surface area (Å²) in [5.41, 5.74) is 7.93. The molecule has 0 fully saturated rings. The molecule has 0 unspecified atom stereocenters. The van der Waals surface area contributed by atoms with Crippen molar-refractivity contribution in [2.24, 2.45) is 5.73 Å². The van der Waals surface area contributed by atoms with Gasteiger partial charge < -0.3 is 15.7 Å². The third kappa shape index (κ3) is 3.53. The average molecular weight is 208 g/mol. The standard InChI is InChI=1S/C12H20N2O/c1-11-5-2-3-6-12(11)14(9-10-15)8-4-7-13/h2-3,5-6,15H,4,7-10,13H2,1H3. The summed E-state index contributed by atoms with van der Waals surface area (Å²) in [4.78, 5) is 2.18. The maximum atomic E-state index is 9.02. The van der Waals surface area contributed by atoms with Gasteiger partial charge in [0.1, 0.15) is 0 Å². The van der Waals surface area contributed by atoms with Gasteiger partial charge in [0.2, 0.25) is 0 Å². The van der Waals surface area contributed by atoms with Crippen molar-refractivity contribution in [2.75, 3.05) is 31.1 Å². The SMILES string of the molecule is Cc1ccccc1N(CCO)CCCN. The average Bonchev–Trinajstić information content (AvgIpc) is 2.25. The molecule has 1 aromatic carbocycles. The number of nitrogens with two attached hydrogens (primary N) is 1. The van der Waals surface area contributed by atoms with Crippen LogP contribution in [0.4, 0.5) is 5.69 Å². The molecule has 0 aliphatic heterocycles. The first-order chi connectivity index (χ1) is 7.29. The molecule has 0 saturated carbocycles. The van der Waals surface area contributed by atoms with Gasteiger partial charge in [-0.15, -0.1) is 0 Å². The topological polar surface area (TPSA) is 49.5 Å². The van der Waals surface area contributed by atoms with E-state index in [2.05, 4.69) is 24.0 Å². The van der Waals surface area contributed by atoms with Crippen LogP contribution in [0.5, 0.6) is 0 Å². The number of hydrogen-bond donors (Lipinski definition) is 2. The molecule has 0 spiro atoms. The molecule has 0 radical (unpaired) electrons. The van der Waals surface area contributed by atoms with Gasteiger partial charge in [-0.2, -0.15) is 0 Å². The Morgan fingerprint density at radius 3 is 2.60 bits per heavy atom. The van der Waals surface area contributed by atoms with E-state index in [4.69, 9.17) is 10.8 Å². The molecule has 0 aliphatic carbocycles. The van der Waals surface area contributed by atoms with Crippen LogP contribution in [0.3, 0.4) is 0 Å². The molecule has 1 rings (SSSR count). The summed E-state index contributed by atoms with van der Waals surface area (Å²) in [5, 5.41) is 9.02. The molecule has 3 heteroatoms. The number of benzene rings is 1. The van der Waals surface area contributed by atoms with Crippen LogP contribution in [0.25, 0.3) is 0 Å². The lowest BCUT2D eigenvalue weighted by Gasteiger charge is -2.25. The summed E-state index contributed by atoms with van der Waals surface area (Å²) < 4.78 is 0. The Balaban J connectivity index is 2.74. The first-order valence-electron chi connectivity index (χ1n) is 5.41. The number of anilines is 1. The first-order valence-corrected chi connectivity index (χ1v) is 5.41. The van der Waals surface area contributed by atoms with Gasteiger partial charge in [-0.05, 0) is 31.5 Å². The zero-order valence-corrected chi connectivity index (χ0v) is 9.32. The van der Waals surface area contributed by atoms with E-state index >= 15 is 0 Å². The second-order valence-electron chi connectivity index (χ2n) is 3.64. The lowest BCUT2D eigenvalue weighted by atomic mass is 10.1. The van der Waals surface area contributed by atoms with Crippen molar-refractivity contribution in [2.45, 2.75) is 13.3 Å². The molecule has 3 N–H and O–H groups in total. The number of nitrogens with zero attached hydrogens (tertiary/aromatic N) is 1. The van der Waals surface area contributed by atoms with E-state index in [1.54, 1.807) is 0 Å². The van der Waals surface area contributed by atoms with Crippen molar-refractivity contribution in [3.8, 4) is 0 Å². The number of aliphatic hydroxyl groups is 1. The van der Waals surface area contributed by atoms with Crippen molar-refractivity contribution in [1.29, 1.82) is 0 Å². The Kier molecular flexibility index (Phi) is 5.15. The van der Waals surface area contributed by atoms with E-state index in [1.165, 1.54) is 11.3 Å². The predicted molar refractivity (Wildman–Crippen MR) is 64.1 cm³/mol. The Hall–Kier alpha value is -1.06. The van der Waals surface area contributed by atoms with E-state index < -0.39 is 0 Å². The fourth-order valence-electron chi connectivity index (χ4n) is 1.67. The van der Waals surface area contributed by atoms with Crippen LogP contribution in [0, 0.1) is 6.92 Å². The van der Waals surface area contributed by atoms with E-state index in [9.17, 15) is 0 Å². The van der Waals surface area contributed by atoms with Gasteiger partial charge in [0, 0.05) is 18.8 Å². The van der Waals surface area contributed by atoms with Crippen LogP contribution in [0.1, 0.15) is 12.0 Å². The lowest BCUT2D eigenvalue weighted by molar-refractivity contribution is 0.301. The molecule has 15 heavy (non-hydrogen) atoms. The lowest BCUT2D eigenvalue weighted by Crippen LogP contribution is -2.29. The van der Waals surface area contributed by atoms with Crippen molar-refractivity contribution >= 4 is 5.69 Å². The highest BCUT2D eigenvalue weighted by Crippen LogP contribution is 2.18. The summed E-state index contributed by atoms with van der Waals surface area (Å²) in [6, 6.07) is 8.22. The minimum atomic E-state index is 0.179. The monoisotopic (exact) mass is 208 g/mol. The Labute approximate surface area is 91.5 Å². The third-order valence-corrected chi connectivity index (χ3v) is 2.46. The van der Waals surface area contributed by atoms with E-state index in [0.717, 1.165) is 13.0 Å². The van der Waals surface area contributed by atoms with Crippen LogP contribution in [0.2, 0.25) is 0 Å². The van der Waals surface area contributed by atoms with Gasteiger partial charge in [0.25, 0.3) is 0 Å². The van der Waals surface area contributed by atoms with Gasteiger partial charge in [-0.3, -0.25) is 0 Å². The number of rotatable bonds is 6. The molecular formula is C12H20N2O. The largest absolute Gasteiger partial charge is 0.395 e. The van der Waals surface area contributed by atoms with Crippen LogP contribution in [-0.2, 0) is 0 Å². The second kappa shape index (κ2) is 6.43. The molecular weight excluding hydrogens is 188 g/mol. The fraction of sp³-hybridized carbons (Fsp3) is 0.500. The van der Waals surface area contributed by atoms with Crippen LogP contribution >= 0.6 is 0 Å². The minimum Gasteiger partial charge on any atom is -0.395 e. The number of aryl methyl sites for hydroxylation is 1. The molecule has 0 heterocycles. The number of hydrogen-bond acceptors (Lipinski definition) is 3. The van der Waals surface area contributed by atoms with Crippen molar-refractivity contribution in [3.05, 3.63) is 29.8 Å². The van der Waals surface area contributed by atoms with Gasteiger partial charge in [0.15, 0.2) is 0 Å². The van der Waals surface area contributed by atoms with Crippen molar-refractivity contribution < 1.29 is 5.11 Å². The van der Waals surface area contributed by atoms with E-state index in [1.807, 2.05) is 12.1 Å². The molecule has 0 amide bonds. The fourth-order valence-corrected chi connectivity index (χ4v) is 1.67. The molecule has 3 nitrogen and oxygen atoms in total. The molecule has 0 saturated heterocycles. The second-order valence-corrected chi connectivity index (χ2v) is 3.64. The Morgan fingerprint density at radius 1 is 1.27 bits per heavy atom. The highest BCUT2D eigenvalue weighted by Gasteiger charge is 2.06. The third-order valence-electron chi connectivity index (χ3n) is 2.46. The van der Waals surface area contributed by atoms with Gasteiger partial charge in [-0.25, -0.2) is 0 Å². The van der Waals surface area contributed by atoms with Crippen LogP contribution in [0.15, 0.2) is 24.3 Å². The number of para-hydroxylation sites is 1. The quantitative estimate of drug-likeness (QED) is 0.737. The number of aliphatic hydroxyl groups excluding tert-OH is 1. The molecule has 84 valence electrons. The smallest absolute Gasteiger partial charge is 0.0606 e. The van der Waals surface area contributed by atoms with E-state index in [-0.39, 0.29) is 6.61 Å². The summed E-state index contributed by atoms with van der Waals surface area (Å²) in [5.74, 6) is 0. The summed E-state index contributed by atoms with van der Waals surface area (Å²) in [6.45, 7) is 4.53. The zero-order chi connectivity index (χ0) is 11.1. The Morgan fingerprint density at radius 2 is 2.00 bits per heavy atom.